The van der Waals surface area contributed by atoms with E-state index in [1.807, 2.05) is 30.3 Å². The van der Waals surface area contributed by atoms with Crippen molar-refractivity contribution in [2.75, 3.05) is 19.6 Å². The number of likely N-dealkylation sites (tertiary alicyclic amines) is 2. The number of halogens is 3. The quantitative estimate of drug-likeness (QED) is 0.786. The standard InChI is InChI=1S/C20H23F3N2O3/c21-20(22,23)18(27)15-8-11-24(12-9-15)19(28)16-7-4-10-25(16)17(26)13-14-5-2-1-3-6-14/h1-3,5-6,15-16H,4,7-13H2. The number of alkyl halides is 3. The number of ketones is 1. The molecule has 8 heteroatoms. The second-order valence-corrected chi connectivity index (χ2v) is 7.37. The van der Waals surface area contributed by atoms with Crippen molar-refractivity contribution >= 4 is 17.6 Å². The van der Waals surface area contributed by atoms with Crippen molar-refractivity contribution in [1.82, 2.24) is 9.80 Å². The molecule has 2 fully saturated rings. The lowest BCUT2D eigenvalue weighted by atomic mass is 9.91. The third-order valence-electron chi connectivity index (χ3n) is 5.51. The third-order valence-corrected chi connectivity index (χ3v) is 5.51. The fourth-order valence-corrected chi connectivity index (χ4v) is 4.00. The number of rotatable bonds is 4. The van der Waals surface area contributed by atoms with Gasteiger partial charge in [-0.1, -0.05) is 30.3 Å². The SMILES string of the molecule is O=C(C1CCCN1C(=O)Cc1ccccc1)N1CCC(C(=O)C(F)(F)F)CC1. The Balaban J connectivity index is 1.58. The lowest BCUT2D eigenvalue weighted by Gasteiger charge is -2.35. The predicted molar refractivity (Wildman–Crippen MR) is 95.2 cm³/mol. The second kappa shape index (κ2) is 8.32. The maximum absolute atomic E-state index is 12.9. The van der Waals surface area contributed by atoms with Gasteiger partial charge < -0.3 is 9.80 Å². The molecule has 1 unspecified atom stereocenters. The van der Waals surface area contributed by atoms with E-state index in [0.717, 1.165) is 12.0 Å². The Hall–Kier alpha value is -2.38. The van der Waals surface area contributed by atoms with E-state index >= 15 is 0 Å². The van der Waals surface area contributed by atoms with Crippen LogP contribution in [0.5, 0.6) is 0 Å². The van der Waals surface area contributed by atoms with Crippen LogP contribution in [0.2, 0.25) is 0 Å². The van der Waals surface area contributed by atoms with Crippen molar-refractivity contribution in [3.8, 4) is 0 Å². The minimum atomic E-state index is -4.83. The highest BCUT2D eigenvalue weighted by molar-refractivity contribution is 5.90. The average molecular weight is 396 g/mol. The lowest BCUT2D eigenvalue weighted by molar-refractivity contribution is -0.177. The van der Waals surface area contributed by atoms with Crippen LogP contribution in [-0.2, 0) is 20.8 Å². The smallest absolute Gasteiger partial charge is 0.341 e. The molecular weight excluding hydrogens is 373 g/mol. The molecule has 2 aliphatic heterocycles. The van der Waals surface area contributed by atoms with E-state index in [4.69, 9.17) is 0 Å². The van der Waals surface area contributed by atoms with E-state index in [-0.39, 0.29) is 44.2 Å². The minimum absolute atomic E-state index is 0.00870. The first-order valence-corrected chi connectivity index (χ1v) is 9.50. The molecule has 0 saturated carbocycles. The monoisotopic (exact) mass is 396 g/mol. The molecule has 0 radical (unpaired) electrons. The summed E-state index contributed by atoms with van der Waals surface area (Å²) in [6.45, 7) is 0.732. The molecule has 0 aromatic heterocycles. The van der Waals surface area contributed by atoms with E-state index < -0.39 is 23.9 Å². The molecule has 1 aromatic rings. The lowest BCUT2D eigenvalue weighted by Crippen LogP contribution is -2.51. The average Bonchev–Trinajstić information content (AvgIpc) is 3.17. The number of hydrogen-bond donors (Lipinski definition) is 0. The van der Waals surface area contributed by atoms with Gasteiger partial charge in [0.05, 0.1) is 6.42 Å². The summed E-state index contributed by atoms with van der Waals surface area (Å²) in [5.41, 5.74) is 0.872. The van der Waals surface area contributed by atoms with Crippen molar-refractivity contribution in [3.05, 3.63) is 35.9 Å². The van der Waals surface area contributed by atoms with Gasteiger partial charge in [-0.3, -0.25) is 14.4 Å². The van der Waals surface area contributed by atoms with E-state index in [2.05, 4.69) is 0 Å². The molecular formula is C20H23F3N2O3. The predicted octanol–water partition coefficient (Wildman–Crippen LogP) is 2.59. The summed E-state index contributed by atoms with van der Waals surface area (Å²) < 4.78 is 37.7. The van der Waals surface area contributed by atoms with Crippen molar-refractivity contribution in [2.45, 2.75) is 44.3 Å². The van der Waals surface area contributed by atoms with Gasteiger partial charge in [-0.25, -0.2) is 0 Å². The van der Waals surface area contributed by atoms with Crippen LogP contribution in [-0.4, -0.2) is 59.2 Å². The van der Waals surface area contributed by atoms with Gasteiger partial charge in [0.1, 0.15) is 6.04 Å². The molecule has 2 amide bonds. The van der Waals surface area contributed by atoms with Gasteiger partial charge in [0.25, 0.3) is 0 Å². The number of hydrogen-bond acceptors (Lipinski definition) is 3. The Labute approximate surface area is 161 Å². The first kappa shape index (κ1) is 20.4. The molecule has 1 atom stereocenters. The zero-order valence-corrected chi connectivity index (χ0v) is 15.5. The highest BCUT2D eigenvalue weighted by Crippen LogP contribution is 2.29. The second-order valence-electron chi connectivity index (χ2n) is 7.37. The first-order valence-electron chi connectivity index (χ1n) is 9.50. The number of nitrogens with zero attached hydrogens (tertiary/aromatic N) is 2. The van der Waals surface area contributed by atoms with E-state index in [9.17, 15) is 27.6 Å². The Kier molecular flexibility index (Phi) is 6.05. The molecule has 1 aromatic carbocycles. The molecule has 0 bridgehead atoms. The molecule has 28 heavy (non-hydrogen) atoms. The van der Waals surface area contributed by atoms with E-state index in [1.165, 1.54) is 4.90 Å². The normalized spacial score (nSPS) is 21.0. The summed E-state index contributed by atoms with van der Waals surface area (Å²) in [6.07, 6.45) is -3.32. The highest BCUT2D eigenvalue weighted by atomic mass is 19.4. The summed E-state index contributed by atoms with van der Waals surface area (Å²) in [5.74, 6) is -3.13. The van der Waals surface area contributed by atoms with Crippen molar-refractivity contribution in [3.63, 3.8) is 0 Å². The highest BCUT2D eigenvalue weighted by Gasteiger charge is 2.45. The molecule has 0 spiro atoms. The summed E-state index contributed by atoms with van der Waals surface area (Å²) in [7, 11) is 0. The van der Waals surface area contributed by atoms with E-state index in [1.54, 1.807) is 4.90 Å². The van der Waals surface area contributed by atoms with Crippen molar-refractivity contribution in [1.29, 1.82) is 0 Å². The minimum Gasteiger partial charge on any atom is -0.341 e. The number of Topliss-reactive ketones (excluding diaryl/α,β-unsaturated/α-hetero) is 1. The maximum Gasteiger partial charge on any atom is 0.450 e. The third kappa shape index (κ3) is 4.54. The largest absolute Gasteiger partial charge is 0.450 e. The molecule has 2 aliphatic rings. The molecule has 2 saturated heterocycles. The van der Waals surface area contributed by atoms with Crippen LogP contribution in [0, 0.1) is 5.92 Å². The van der Waals surface area contributed by atoms with Gasteiger partial charge in [-0.15, -0.1) is 0 Å². The Morgan fingerprint density at radius 2 is 1.61 bits per heavy atom. The Bertz CT molecular complexity index is 728. The van der Waals surface area contributed by atoms with Gasteiger partial charge in [-0.2, -0.15) is 13.2 Å². The summed E-state index contributed by atoms with van der Waals surface area (Å²) >= 11 is 0. The summed E-state index contributed by atoms with van der Waals surface area (Å²) in [6, 6.07) is 8.71. The molecule has 0 N–H and O–H groups in total. The molecule has 2 heterocycles. The van der Waals surface area contributed by atoms with E-state index in [0.29, 0.717) is 13.0 Å². The maximum atomic E-state index is 12.9. The molecule has 5 nitrogen and oxygen atoms in total. The van der Waals surface area contributed by atoms with Crippen LogP contribution in [0.4, 0.5) is 13.2 Å². The first-order chi connectivity index (χ1) is 13.3. The van der Waals surface area contributed by atoms with Crippen LogP contribution in [0.1, 0.15) is 31.2 Å². The van der Waals surface area contributed by atoms with Crippen molar-refractivity contribution < 1.29 is 27.6 Å². The summed E-state index contributed by atoms with van der Waals surface area (Å²) in [5, 5.41) is 0. The van der Waals surface area contributed by atoms with Crippen LogP contribution in [0.3, 0.4) is 0 Å². The Morgan fingerprint density at radius 1 is 0.964 bits per heavy atom. The number of piperidine rings is 1. The van der Waals surface area contributed by atoms with Crippen LogP contribution in [0.25, 0.3) is 0 Å². The van der Waals surface area contributed by atoms with Crippen LogP contribution < -0.4 is 0 Å². The van der Waals surface area contributed by atoms with Gasteiger partial charge in [0.15, 0.2) is 0 Å². The fourth-order valence-electron chi connectivity index (χ4n) is 4.00. The van der Waals surface area contributed by atoms with Gasteiger partial charge in [0, 0.05) is 25.6 Å². The molecule has 152 valence electrons. The van der Waals surface area contributed by atoms with Crippen LogP contribution in [0.15, 0.2) is 30.3 Å². The summed E-state index contributed by atoms with van der Waals surface area (Å²) in [4.78, 5) is 40.0. The zero-order valence-electron chi connectivity index (χ0n) is 15.5. The number of amides is 2. The number of benzene rings is 1. The number of carbonyl (C=O) groups is 3. The Morgan fingerprint density at radius 3 is 2.21 bits per heavy atom. The van der Waals surface area contributed by atoms with Gasteiger partial charge >= 0.3 is 6.18 Å². The van der Waals surface area contributed by atoms with Crippen LogP contribution >= 0.6 is 0 Å². The number of carbonyl (C=O) groups excluding carboxylic acids is 3. The molecule has 0 aliphatic carbocycles. The molecule has 3 rings (SSSR count). The van der Waals surface area contributed by atoms with Crippen molar-refractivity contribution in [2.24, 2.45) is 5.92 Å². The topological polar surface area (TPSA) is 57.7 Å². The zero-order chi connectivity index (χ0) is 20.3. The van der Waals surface area contributed by atoms with Gasteiger partial charge in [0.2, 0.25) is 17.6 Å². The van der Waals surface area contributed by atoms with Gasteiger partial charge in [-0.05, 0) is 31.2 Å². The fraction of sp³-hybridized carbons (Fsp3) is 0.550.